The standard InChI is InChI=1S/C12H14BrN3O/c1-2-11-7-16-12(17-11)8-15-5-9-3-10(13)6-14-4-9/h3-4,6-7,15H,2,5,8H2,1H3. The third-order valence-electron chi connectivity index (χ3n) is 2.32. The minimum Gasteiger partial charge on any atom is -0.444 e. The summed E-state index contributed by atoms with van der Waals surface area (Å²) in [5.41, 5.74) is 1.13. The molecule has 2 rings (SSSR count). The van der Waals surface area contributed by atoms with Crippen molar-refractivity contribution in [3.8, 4) is 0 Å². The quantitative estimate of drug-likeness (QED) is 0.921. The first-order valence-corrected chi connectivity index (χ1v) is 6.31. The Balaban J connectivity index is 1.83. The summed E-state index contributed by atoms with van der Waals surface area (Å²) in [6.07, 6.45) is 6.26. The second kappa shape index (κ2) is 5.93. The van der Waals surface area contributed by atoms with Crippen LogP contribution in [0.15, 0.2) is 33.5 Å². The third-order valence-corrected chi connectivity index (χ3v) is 2.75. The van der Waals surface area contributed by atoms with Crippen LogP contribution in [0.25, 0.3) is 0 Å². The van der Waals surface area contributed by atoms with Crippen molar-refractivity contribution in [2.24, 2.45) is 0 Å². The SMILES string of the molecule is CCc1cnc(CNCc2cncc(Br)c2)o1. The van der Waals surface area contributed by atoms with Crippen molar-refractivity contribution in [1.82, 2.24) is 15.3 Å². The van der Waals surface area contributed by atoms with Crippen LogP contribution in [-0.2, 0) is 19.5 Å². The zero-order valence-electron chi connectivity index (χ0n) is 9.61. The highest BCUT2D eigenvalue weighted by Crippen LogP contribution is 2.09. The van der Waals surface area contributed by atoms with Gasteiger partial charge in [-0.3, -0.25) is 4.98 Å². The van der Waals surface area contributed by atoms with Crippen LogP contribution < -0.4 is 5.32 Å². The van der Waals surface area contributed by atoms with Gasteiger partial charge < -0.3 is 9.73 Å². The van der Waals surface area contributed by atoms with E-state index < -0.39 is 0 Å². The minimum atomic E-state index is 0.631. The molecule has 2 heterocycles. The predicted octanol–water partition coefficient (Wildman–Crippen LogP) is 2.68. The van der Waals surface area contributed by atoms with Gasteiger partial charge in [0, 0.05) is 29.8 Å². The summed E-state index contributed by atoms with van der Waals surface area (Å²) in [4.78, 5) is 8.28. The van der Waals surface area contributed by atoms with Crippen LogP contribution in [-0.4, -0.2) is 9.97 Å². The highest BCUT2D eigenvalue weighted by Gasteiger charge is 2.01. The number of nitrogens with zero attached hydrogens (tertiary/aromatic N) is 2. The van der Waals surface area contributed by atoms with Gasteiger partial charge in [-0.2, -0.15) is 0 Å². The molecular formula is C12H14BrN3O. The largest absolute Gasteiger partial charge is 0.444 e. The molecule has 4 nitrogen and oxygen atoms in total. The fourth-order valence-corrected chi connectivity index (χ4v) is 1.87. The number of rotatable bonds is 5. The van der Waals surface area contributed by atoms with Gasteiger partial charge in [0.15, 0.2) is 0 Å². The van der Waals surface area contributed by atoms with E-state index in [1.807, 2.05) is 19.2 Å². The molecule has 2 aromatic heterocycles. The molecule has 0 radical (unpaired) electrons. The minimum absolute atomic E-state index is 0.631. The summed E-state index contributed by atoms with van der Waals surface area (Å²) < 4.78 is 6.48. The zero-order valence-corrected chi connectivity index (χ0v) is 11.2. The molecule has 0 amide bonds. The van der Waals surface area contributed by atoms with Crippen LogP contribution in [0.1, 0.15) is 24.1 Å². The van der Waals surface area contributed by atoms with Gasteiger partial charge in [0.2, 0.25) is 5.89 Å². The van der Waals surface area contributed by atoms with E-state index in [0.717, 1.165) is 34.7 Å². The van der Waals surface area contributed by atoms with Crippen LogP contribution >= 0.6 is 15.9 Å². The van der Waals surface area contributed by atoms with Gasteiger partial charge in [-0.1, -0.05) is 6.92 Å². The van der Waals surface area contributed by atoms with Crippen LogP contribution in [0.2, 0.25) is 0 Å². The van der Waals surface area contributed by atoms with Gasteiger partial charge in [-0.05, 0) is 27.6 Å². The van der Waals surface area contributed by atoms with E-state index in [4.69, 9.17) is 4.42 Å². The lowest BCUT2D eigenvalue weighted by atomic mass is 10.3. The highest BCUT2D eigenvalue weighted by molar-refractivity contribution is 9.10. The summed E-state index contributed by atoms with van der Waals surface area (Å²) in [5.74, 6) is 1.65. The molecule has 90 valence electrons. The predicted molar refractivity (Wildman–Crippen MR) is 68.4 cm³/mol. The molecule has 0 spiro atoms. The van der Waals surface area contributed by atoms with Gasteiger partial charge in [0.1, 0.15) is 5.76 Å². The maximum Gasteiger partial charge on any atom is 0.208 e. The summed E-state index contributed by atoms with van der Waals surface area (Å²) in [6.45, 7) is 3.42. The molecule has 0 aliphatic heterocycles. The second-order valence-corrected chi connectivity index (χ2v) is 4.60. The molecule has 0 unspecified atom stereocenters. The molecule has 0 bridgehead atoms. The lowest BCUT2D eigenvalue weighted by Gasteiger charge is -2.02. The molecule has 1 N–H and O–H groups in total. The lowest BCUT2D eigenvalue weighted by Crippen LogP contribution is -2.12. The Hall–Kier alpha value is -1.20. The number of oxazole rings is 1. The Kier molecular flexibility index (Phi) is 4.28. The van der Waals surface area contributed by atoms with E-state index in [1.54, 1.807) is 12.4 Å². The first kappa shape index (κ1) is 12.3. The number of nitrogens with one attached hydrogen (secondary N) is 1. The fourth-order valence-electron chi connectivity index (χ4n) is 1.46. The number of hydrogen-bond acceptors (Lipinski definition) is 4. The molecule has 5 heteroatoms. The monoisotopic (exact) mass is 295 g/mol. The van der Waals surface area contributed by atoms with E-state index in [1.165, 1.54) is 0 Å². The Morgan fingerprint density at radius 2 is 2.18 bits per heavy atom. The van der Waals surface area contributed by atoms with E-state index in [9.17, 15) is 0 Å². The molecule has 0 atom stereocenters. The van der Waals surface area contributed by atoms with Gasteiger partial charge in [-0.25, -0.2) is 4.98 Å². The van der Waals surface area contributed by atoms with E-state index >= 15 is 0 Å². The Morgan fingerprint density at radius 1 is 1.29 bits per heavy atom. The number of aryl methyl sites for hydroxylation is 1. The van der Waals surface area contributed by atoms with Crippen molar-refractivity contribution in [3.63, 3.8) is 0 Å². The van der Waals surface area contributed by atoms with E-state index in [-0.39, 0.29) is 0 Å². The van der Waals surface area contributed by atoms with Crippen molar-refractivity contribution < 1.29 is 4.42 Å². The molecule has 17 heavy (non-hydrogen) atoms. The molecule has 0 aliphatic rings. The number of halogens is 1. The Labute approximate surface area is 109 Å². The lowest BCUT2D eigenvalue weighted by molar-refractivity contribution is 0.439. The molecule has 0 aromatic carbocycles. The molecule has 0 fully saturated rings. The second-order valence-electron chi connectivity index (χ2n) is 3.69. The summed E-state index contributed by atoms with van der Waals surface area (Å²) >= 11 is 3.39. The number of hydrogen-bond donors (Lipinski definition) is 1. The van der Waals surface area contributed by atoms with Crippen LogP contribution in [0.5, 0.6) is 0 Å². The van der Waals surface area contributed by atoms with E-state index in [0.29, 0.717) is 6.54 Å². The third kappa shape index (κ3) is 3.64. The van der Waals surface area contributed by atoms with Gasteiger partial charge in [-0.15, -0.1) is 0 Å². The first-order valence-electron chi connectivity index (χ1n) is 5.51. The van der Waals surface area contributed by atoms with Crippen LogP contribution in [0.4, 0.5) is 0 Å². The van der Waals surface area contributed by atoms with Crippen molar-refractivity contribution in [3.05, 3.63) is 46.3 Å². The fraction of sp³-hybridized carbons (Fsp3) is 0.333. The molecule has 0 saturated heterocycles. The topological polar surface area (TPSA) is 51.0 Å². The van der Waals surface area contributed by atoms with E-state index in [2.05, 4.69) is 31.2 Å². The Morgan fingerprint density at radius 3 is 2.88 bits per heavy atom. The van der Waals surface area contributed by atoms with Crippen LogP contribution in [0, 0.1) is 0 Å². The summed E-state index contributed by atoms with van der Waals surface area (Å²) in [5, 5.41) is 3.27. The first-order chi connectivity index (χ1) is 8.28. The van der Waals surface area contributed by atoms with Crippen molar-refractivity contribution >= 4 is 15.9 Å². The average molecular weight is 296 g/mol. The zero-order chi connectivity index (χ0) is 12.1. The molecule has 0 saturated carbocycles. The molecule has 0 aliphatic carbocycles. The maximum atomic E-state index is 5.50. The van der Waals surface area contributed by atoms with Gasteiger partial charge in [0.25, 0.3) is 0 Å². The van der Waals surface area contributed by atoms with Gasteiger partial charge >= 0.3 is 0 Å². The Bertz CT molecular complexity index is 484. The highest BCUT2D eigenvalue weighted by atomic mass is 79.9. The average Bonchev–Trinajstić information content (AvgIpc) is 2.77. The number of aromatic nitrogens is 2. The smallest absolute Gasteiger partial charge is 0.208 e. The van der Waals surface area contributed by atoms with Crippen molar-refractivity contribution in [2.45, 2.75) is 26.4 Å². The molecule has 2 aromatic rings. The summed E-state index contributed by atoms with van der Waals surface area (Å²) in [7, 11) is 0. The van der Waals surface area contributed by atoms with Crippen LogP contribution in [0.3, 0.4) is 0 Å². The summed E-state index contributed by atoms with van der Waals surface area (Å²) in [6, 6.07) is 2.03. The maximum absolute atomic E-state index is 5.50. The van der Waals surface area contributed by atoms with Crippen molar-refractivity contribution in [1.29, 1.82) is 0 Å². The number of pyridine rings is 1. The van der Waals surface area contributed by atoms with Gasteiger partial charge in [0.05, 0.1) is 12.7 Å². The normalized spacial score (nSPS) is 10.7. The molecular weight excluding hydrogens is 282 g/mol. The van der Waals surface area contributed by atoms with Crippen molar-refractivity contribution in [2.75, 3.05) is 0 Å².